The first-order valence-corrected chi connectivity index (χ1v) is 10.2. The Balaban J connectivity index is 2.13. The number of nitrogens with one attached hydrogen (secondary N) is 1. The van der Waals surface area contributed by atoms with Crippen molar-refractivity contribution in [3.05, 3.63) is 96.9 Å². The number of aromatic nitrogens is 3. The van der Waals surface area contributed by atoms with Gasteiger partial charge in [-0.3, -0.25) is 18.7 Å². The molecule has 0 unspecified atom stereocenters. The van der Waals surface area contributed by atoms with Crippen LogP contribution in [0, 0.1) is 13.8 Å². The van der Waals surface area contributed by atoms with Gasteiger partial charge in [0.05, 0.1) is 17.9 Å². The van der Waals surface area contributed by atoms with E-state index in [1.807, 2.05) is 50.2 Å². The first-order chi connectivity index (χ1) is 15.3. The lowest BCUT2D eigenvalue weighted by Crippen LogP contribution is -2.42. The number of alkyl halides is 1. The number of aryl methyl sites for hydroxylation is 3. The van der Waals surface area contributed by atoms with Gasteiger partial charge in [0, 0.05) is 18.8 Å². The van der Waals surface area contributed by atoms with Crippen molar-refractivity contribution in [2.75, 3.05) is 12.0 Å². The molecule has 8 heteroatoms. The van der Waals surface area contributed by atoms with Crippen molar-refractivity contribution >= 4 is 22.4 Å². The van der Waals surface area contributed by atoms with Crippen molar-refractivity contribution in [2.24, 2.45) is 7.05 Å². The third kappa shape index (κ3) is 3.64. The molecule has 0 amide bonds. The Morgan fingerprint density at radius 1 is 0.906 bits per heavy atom. The molecule has 0 atom stereocenters. The molecule has 164 valence electrons. The average molecular weight is 434 g/mol. The molecule has 0 radical (unpaired) electrons. The van der Waals surface area contributed by atoms with Gasteiger partial charge in [-0.15, -0.1) is 0 Å². The molecule has 0 saturated carbocycles. The van der Waals surface area contributed by atoms with Gasteiger partial charge < -0.3 is 5.32 Å². The molecule has 0 fully saturated rings. The normalized spacial score (nSPS) is 11.1. The summed E-state index contributed by atoms with van der Waals surface area (Å²) in [4.78, 5) is 39.4. The molecule has 0 spiro atoms. The average Bonchev–Trinajstić information content (AvgIpc) is 2.77. The van der Waals surface area contributed by atoms with Crippen LogP contribution in [-0.4, -0.2) is 20.4 Å². The van der Waals surface area contributed by atoms with Crippen molar-refractivity contribution in [1.29, 1.82) is 0 Å². The lowest BCUT2D eigenvalue weighted by Gasteiger charge is -2.18. The zero-order chi connectivity index (χ0) is 23.0. The third-order valence-electron chi connectivity index (χ3n) is 5.43. The van der Waals surface area contributed by atoms with Gasteiger partial charge in [0.15, 0.2) is 0 Å². The topological polar surface area (TPSA) is 78.0 Å². The number of anilines is 2. The molecule has 0 aliphatic heterocycles. The molecule has 2 aromatic heterocycles. The molecule has 1 N–H and O–H groups in total. The highest BCUT2D eigenvalue weighted by atomic mass is 19.1. The van der Waals surface area contributed by atoms with Crippen LogP contribution in [0.5, 0.6) is 0 Å². The van der Waals surface area contributed by atoms with Crippen LogP contribution in [0.4, 0.5) is 15.8 Å². The fraction of sp³-hybridized carbons (Fsp3) is 0.208. The summed E-state index contributed by atoms with van der Waals surface area (Å²) in [5, 5.41) is 3.25. The highest BCUT2D eigenvalue weighted by molar-refractivity contribution is 5.91. The molecule has 2 aromatic carbocycles. The van der Waals surface area contributed by atoms with Crippen LogP contribution in [0.15, 0.2) is 69.0 Å². The molecule has 0 aliphatic carbocycles. The van der Waals surface area contributed by atoms with Gasteiger partial charge in [0.25, 0.3) is 11.1 Å². The first kappa shape index (κ1) is 21.3. The maximum Gasteiger partial charge on any atom is 0.337 e. The van der Waals surface area contributed by atoms with Crippen LogP contribution in [0.3, 0.4) is 0 Å². The summed E-state index contributed by atoms with van der Waals surface area (Å²) in [6.45, 7) is 2.61. The monoisotopic (exact) mass is 434 g/mol. The van der Waals surface area contributed by atoms with E-state index < -0.39 is 23.5 Å². The van der Waals surface area contributed by atoms with E-state index >= 15 is 0 Å². The minimum Gasteiger partial charge on any atom is -0.355 e. The second kappa shape index (κ2) is 8.30. The van der Waals surface area contributed by atoms with Gasteiger partial charge in [-0.05, 0) is 38.1 Å². The second-order valence-corrected chi connectivity index (χ2v) is 7.74. The Labute approximate surface area is 183 Å². The first-order valence-electron chi connectivity index (χ1n) is 10.2. The van der Waals surface area contributed by atoms with Gasteiger partial charge in [0.1, 0.15) is 17.7 Å². The number of rotatable bonds is 5. The minimum atomic E-state index is -0.874. The van der Waals surface area contributed by atoms with Crippen LogP contribution in [0.1, 0.15) is 11.1 Å². The minimum absolute atomic E-state index is 0.126. The molecule has 32 heavy (non-hydrogen) atoms. The second-order valence-electron chi connectivity index (χ2n) is 7.74. The zero-order valence-electron chi connectivity index (χ0n) is 18.1. The summed E-state index contributed by atoms with van der Waals surface area (Å²) < 4.78 is 16.7. The van der Waals surface area contributed by atoms with E-state index in [0.717, 1.165) is 15.7 Å². The lowest BCUT2D eigenvalue weighted by atomic mass is 10.2. The van der Waals surface area contributed by atoms with Crippen LogP contribution in [-0.2, 0) is 13.6 Å². The summed E-state index contributed by atoms with van der Waals surface area (Å²) in [7, 11) is 1.50. The molecular formula is C24H23FN4O3. The summed E-state index contributed by atoms with van der Waals surface area (Å²) in [6, 6.07) is 15.9. The number of halogens is 1. The molecule has 0 aliphatic rings. The van der Waals surface area contributed by atoms with Gasteiger partial charge in [-0.25, -0.2) is 13.8 Å². The Morgan fingerprint density at radius 3 is 2.09 bits per heavy atom. The van der Waals surface area contributed by atoms with Crippen molar-refractivity contribution in [1.82, 2.24) is 13.7 Å². The van der Waals surface area contributed by atoms with E-state index in [1.54, 1.807) is 12.1 Å². The molecule has 7 nitrogen and oxygen atoms in total. The molecule has 2 heterocycles. The van der Waals surface area contributed by atoms with Crippen LogP contribution < -0.4 is 22.1 Å². The van der Waals surface area contributed by atoms with Gasteiger partial charge in [-0.2, -0.15) is 0 Å². The van der Waals surface area contributed by atoms with E-state index in [0.29, 0.717) is 11.4 Å². The Bertz CT molecular complexity index is 1480. The van der Waals surface area contributed by atoms with Crippen molar-refractivity contribution in [3.63, 3.8) is 0 Å². The fourth-order valence-electron chi connectivity index (χ4n) is 3.69. The zero-order valence-corrected chi connectivity index (χ0v) is 18.1. The van der Waals surface area contributed by atoms with Crippen LogP contribution >= 0.6 is 0 Å². The van der Waals surface area contributed by atoms with Crippen LogP contribution in [0.25, 0.3) is 16.7 Å². The van der Waals surface area contributed by atoms with E-state index in [9.17, 15) is 18.8 Å². The van der Waals surface area contributed by atoms with E-state index in [2.05, 4.69) is 5.32 Å². The summed E-state index contributed by atoms with van der Waals surface area (Å²) in [5.41, 5.74) is 1.83. The Kier molecular flexibility index (Phi) is 5.52. The quantitative estimate of drug-likeness (QED) is 0.523. The predicted octanol–water partition coefficient (Wildman–Crippen LogP) is 3.18. The van der Waals surface area contributed by atoms with Crippen molar-refractivity contribution < 1.29 is 4.39 Å². The third-order valence-corrected chi connectivity index (χ3v) is 5.43. The van der Waals surface area contributed by atoms with Crippen molar-refractivity contribution in [3.8, 4) is 5.69 Å². The largest absolute Gasteiger partial charge is 0.355 e. The Morgan fingerprint density at radius 2 is 1.50 bits per heavy atom. The summed E-state index contributed by atoms with van der Waals surface area (Å²) in [5.74, 6) is 0. The SMILES string of the molecule is Cc1ccc(Nc2cc(=O)n(C)c3c2c(=O)n(CCF)c(=O)n3-c2ccc(C)cc2)cc1. The number of fused-ring (bicyclic) bond motifs is 1. The van der Waals surface area contributed by atoms with Gasteiger partial charge in [-0.1, -0.05) is 35.4 Å². The maximum absolute atomic E-state index is 13.3. The number of hydrogen-bond donors (Lipinski definition) is 1. The number of nitrogens with zero attached hydrogens (tertiary/aromatic N) is 3. The maximum atomic E-state index is 13.3. The standard InChI is InChI=1S/C24H23FN4O3/c1-15-4-8-17(9-5-15)26-19-14-20(30)27(3)22-21(19)23(31)28(13-12-25)24(32)29(22)18-10-6-16(2)7-11-18/h4-11,14,26H,12-13H2,1-3H3. The summed E-state index contributed by atoms with van der Waals surface area (Å²) in [6.07, 6.45) is 0. The molecule has 4 rings (SSSR count). The fourth-order valence-corrected chi connectivity index (χ4v) is 3.69. The highest BCUT2D eigenvalue weighted by Gasteiger charge is 2.20. The molecule has 0 saturated heterocycles. The number of benzene rings is 2. The van der Waals surface area contributed by atoms with Gasteiger partial charge in [0.2, 0.25) is 0 Å². The van der Waals surface area contributed by atoms with E-state index in [-0.39, 0.29) is 23.3 Å². The van der Waals surface area contributed by atoms with E-state index in [1.165, 1.54) is 22.2 Å². The van der Waals surface area contributed by atoms with Crippen LogP contribution in [0.2, 0.25) is 0 Å². The number of pyridine rings is 1. The highest BCUT2D eigenvalue weighted by Crippen LogP contribution is 2.23. The smallest absolute Gasteiger partial charge is 0.337 e. The molecule has 4 aromatic rings. The molecular weight excluding hydrogens is 411 g/mol. The Hall–Kier alpha value is -3.94. The van der Waals surface area contributed by atoms with Crippen molar-refractivity contribution in [2.45, 2.75) is 20.4 Å². The summed E-state index contributed by atoms with van der Waals surface area (Å²) >= 11 is 0. The number of hydrogen-bond acceptors (Lipinski definition) is 4. The predicted molar refractivity (Wildman–Crippen MR) is 124 cm³/mol. The van der Waals surface area contributed by atoms with Gasteiger partial charge >= 0.3 is 5.69 Å². The van der Waals surface area contributed by atoms with E-state index in [4.69, 9.17) is 0 Å². The lowest BCUT2D eigenvalue weighted by molar-refractivity contribution is 0.431. The molecule has 0 bridgehead atoms.